The van der Waals surface area contributed by atoms with Gasteiger partial charge >= 0.3 is 6.09 Å². The molecule has 2 atom stereocenters. The van der Waals surface area contributed by atoms with Crippen molar-refractivity contribution in [1.82, 2.24) is 9.96 Å². The van der Waals surface area contributed by atoms with Crippen molar-refractivity contribution < 1.29 is 19.2 Å². The highest BCUT2D eigenvalue weighted by atomic mass is 16.7. The van der Waals surface area contributed by atoms with E-state index in [1.165, 1.54) is 0 Å². The number of nitrogens with zero attached hydrogens (tertiary/aromatic N) is 2. The molecule has 6 heteroatoms. The third kappa shape index (κ3) is 3.56. The molecular formula is C22H22N2O4. The van der Waals surface area contributed by atoms with E-state index in [0.29, 0.717) is 25.9 Å². The minimum absolute atomic E-state index is 0.0180. The third-order valence-corrected chi connectivity index (χ3v) is 5.06. The van der Waals surface area contributed by atoms with Crippen LogP contribution in [0.5, 0.6) is 0 Å². The fraction of sp³-hybridized carbons (Fsp3) is 0.273. The van der Waals surface area contributed by atoms with Gasteiger partial charge in [-0.2, -0.15) is 5.06 Å². The molecule has 6 nitrogen and oxygen atoms in total. The number of hydroxylamine groups is 2. The molecular weight excluding hydrogens is 356 g/mol. The largest absolute Gasteiger partial charge is 0.430 e. The van der Waals surface area contributed by atoms with Gasteiger partial charge < -0.3 is 9.64 Å². The first-order valence-corrected chi connectivity index (χ1v) is 9.29. The minimum atomic E-state index is -1.41. The lowest BCUT2D eigenvalue weighted by Crippen LogP contribution is -2.47. The Bertz CT molecular complexity index is 847. The quantitative estimate of drug-likeness (QED) is 0.591. The molecule has 0 radical (unpaired) electrons. The molecule has 0 bridgehead atoms. The molecule has 0 aliphatic carbocycles. The molecule has 2 aliphatic heterocycles. The molecule has 1 amide bonds. The van der Waals surface area contributed by atoms with Crippen molar-refractivity contribution in [3.05, 3.63) is 83.9 Å². The second-order valence-electron chi connectivity index (χ2n) is 6.96. The molecule has 4 rings (SSSR count). The van der Waals surface area contributed by atoms with E-state index in [-0.39, 0.29) is 6.61 Å². The summed E-state index contributed by atoms with van der Waals surface area (Å²) in [5.74, 6) is 0. The van der Waals surface area contributed by atoms with Gasteiger partial charge in [0.15, 0.2) is 6.29 Å². The summed E-state index contributed by atoms with van der Waals surface area (Å²) in [6.07, 6.45) is 3.99. The van der Waals surface area contributed by atoms with Crippen LogP contribution in [0.25, 0.3) is 0 Å². The first-order chi connectivity index (χ1) is 13.7. The van der Waals surface area contributed by atoms with E-state index >= 15 is 0 Å². The minimum Gasteiger partial charge on any atom is -0.430 e. The maximum Gasteiger partial charge on any atom is 0.411 e. The number of carbonyl (C=O) groups is 2. The Morgan fingerprint density at radius 1 is 1.07 bits per heavy atom. The second-order valence-corrected chi connectivity index (χ2v) is 6.96. The fourth-order valence-electron chi connectivity index (χ4n) is 3.63. The number of ether oxygens (including phenoxy) is 1. The Morgan fingerprint density at radius 3 is 2.36 bits per heavy atom. The third-order valence-electron chi connectivity index (χ3n) is 5.06. The number of hydrogen-bond donors (Lipinski definition) is 0. The molecule has 0 saturated carbocycles. The molecule has 1 fully saturated rings. The van der Waals surface area contributed by atoms with E-state index in [1.807, 2.05) is 72.8 Å². The van der Waals surface area contributed by atoms with Crippen molar-refractivity contribution in [1.29, 1.82) is 0 Å². The van der Waals surface area contributed by atoms with Crippen molar-refractivity contribution in [3.8, 4) is 0 Å². The number of amides is 1. The van der Waals surface area contributed by atoms with Crippen LogP contribution in [-0.4, -0.2) is 47.6 Å². The van der Waals surface area contributed by atoms with E-state index in [4.69, 9.17) is 9.57 Å². The van der Waals surface area contributed by atoms with Crippen LogP contribution in [0.15, 0.2) is 72.8 Å². The van der Waals surface area contributed by atoms with Gasteiger partial charge in [-0.15, -0.1) is 0 Å². The van der Waals surface area contributed by atoms with Gasteiger partial charge in [-0.1, -0.05) is 72.8 Å². The van der Waals surface area contributed by atoms with Gasteiger partial charge in [0, 0.05) is 19.6 Å². The number of rotatable bonds is 5. The van der Waals surface area contributed by atoms with Crippen LogP contribution < -0.4 is 0 Å². The summed E-state index contributed by atoms with van der Waals surface area (Å²) in [6.45, 7) is 1.42. The lowest BCUT2D eigenvalue weighted by Gasteiger charge is -2.32. The Hall–Kier alpha value is -2.96. The number of carbonyl (C=O) groups excluding carboxylic acids is 2. The van der Waals surface area contributed by atoms with Crippen LogP contribution >= 0.6 is 0 Å². The van der Waals surface area contributed by atoms with Crippen molar-refractivity contribution in [2.24, 2.45) is 0 Å². The molecule has 0 spiro atoms. The molecule has 1 saturated heterocycles. The maximum absolute atomic E-state index is 12.6. The van der Waals surface area contributed by atoms with E-state index in [1.54, 1.807) is 9.96 Å². The van der Waals surface area contributed by atoms with E-state index in [2.05, 4.69) is 0 Å². The summed E-state index contributed by atoms with van der Waals surface area (Å²) in [6, 6.07) is 18.9. The van der Waals surface area contributed by atoms with Crippen LogP contribution in [-0.2, 0) is 20.9 Å². The second kappa shape index (κ2) is 7.96. The summed E-state index contributed by atoms with van der Waals surface area (Å²) in [7, 11) is 0. The lowest BCUT2D eigenvalue weighted by atomic mass is 9.90. The Labute approximate surface area is 163 Å². The van der Waals surface area contributed by atoms with Gasteiger partial charge in [0.2, 0.25) is 5.60 Å². The molecule has 2 heterocycles. The average molecular weight is 378 g/mol. The number of aldehydes is 1. The van der Waals surface area contributed by atoms with E-state index in [0.717, 1.165) is 11.1 Å². The normalized spacial score (nSPS) is 24.4. The van der Waals surface area contributed by atoms with Crippen molar-refractivity contribution in [3.63, 3.8) is 0 Å². The molecule has 2 aliphatic rings. The zero-order chi connectivity index (χ0) is 19.4. The van der Waals surface area contributed by atoms with Gasteiger partial charge in [-0.25, -0.2) is 4.79 Å². The first kappa shape index (κ1) is 18.4. The van der Waals surface area contributed by atoms with Crippen LogP contribution in [0.3, 0.4) is 0 Å². The van der Waals surface area contributed by atoms with Gasteiger partial charge in [-0.05, 0) is 11.1 Å². The highest BCUT2D eigenvalue weighted by molar-refractivity contribution is 5.75. The molecule has 2 aromatic carbocycles. The number of benzene rings is 2. The molecule has 0 unspecified atom stereocenters. The smallest absolute Gasteiger partial charge is 0.411 e. The predicted octanol–water partition coefficient (Wildman–Crippen LogP) is 3.12. The zero-order valence-corrected chi connectivity index (χ0v) is 15.4. The molecule has 144 valence electrons. The van der Waals surface area contributed by atoms with E-state index in [9.17, 15) is 9.59 Å². The standard InChI is InChI=1S/C22H22N2O4/c25-16-22(28-21(26)23-13-7-8-14-23)17-27-24(15-18-9-3-1-4-10-18)20(22)19-11-5-2-6-12-19/h1-12,16,20H,13-15,17H2/t20-,22-/m0/s1. The Balaban J connectivity index is 1.64. The van der Waals surface area contributed by atoms with E-state index < -0.39 is 17.7 Å². The van der Waals surface area contributed by atoms with Crippen LogP contribution in [0, 0.1) is 0 Å². The zero-order valence-electron chi connectivity index (χ0n) is 15.4. The maximum atomic E-state index is 12.6. The van der Waals surface area contributed by atoms with Crippen molar-refractivity contribution in [2.75, 3.05) is 19.7 Å². The SMILES string of the molecule is O=C[C@]1(OC(=O)N2CC=CC2)CON(Cc2ccccc2)[C@H]1c1ccccc1. The summed E-state index contributed by atoms with van der Waals surface area (Å²) < 4.78 is 5.78. The van der Waals surface area contributed by atoms with Crippen molar-refractivity contribution >= 4 is 12.4 Å². The van der Waals surface area contributed by atoms with Crippen molar-refractivity contribution in [2.45, 2.75) is 18.2 Å². The molecule has 0 N–H and O–H groups in total. The van der Waals surface area contributed by atoms with Crippen LogP contribution in [0.4, 0.5) is 4.79 Å². The predicted molar refractivity (Wildman–Crippen MR) is 103 cm³/mol. The Morgan fingerprint density at radius 2 is 1.71 bits per heavy atom. The topological polar surface area (TPSA) is 59.1 Å². The summed E-state index contributed by atoms with van der Waals surface area (Å²) in [4.78, 5) is 32.3. The van der Waals surface area contributed by atoms with Gasteiger partial charge in [0.1, 0.15) is 12.6 Å². The fourth-order valence-corrected chi connectivity index (χ4v) is 3.63. The molecule has 0 aromatic heterocycles. The Kier molecular flexibility index (Phi) is 5.23. The van der Waals surface area contributed by atoms with Gasteiger partial charge in [0.25, 0.3) is 0 Å². The summed E-state index contributed by atoms with van der Waals surface area (Å²) in [5, 5.41) is 1.73. The molecule has 28 heavy (non-hydrogen) atoms. The lowest BCUT2D eigenvalue weighted by molar-refractivity contribution is -0.141. The highest BCUT2D eigenvalue weighted by Gasteiger charge is 2.53. The van der Waals surface area contributed by atoms with Crippen LogP contribution in [0.1, 0.15) is 17.2 Å². The first-order valence-electron chi connectivity index (χ1n) is 9.29. The number of hydrogen-bond acceptors (Lipinski definition) is 5. The van der Waals surface area contributed by atoms with Crippen LogP contribution in [0.2, 0.25) is 0 Å². The monoisotopic (exact) mass is 378 g/mol. The summed E-state index contributed by atoms with van der Waals surface area (Å²) >= 11 is 0. The van der Waals surface area contributed by atoms with Gasteiger partial charge in [0.05, 0.1) is 0 Å². The highest BCUT2D eigenvalue weighted by Crippen LogP contribution is 2.41. The average Bonchev–Trinajstić information content (AvgIpc) is 3.39. The molecule has 2 aromatic rings. The van der Waals surface area contributed by atoms with Gasteiger partial charge in [-0.3, -0.25) is 9.63 Å². The summed E-state index contributed by atoms with van der Waals surface area (Å²) in [5.41, 5.74) is 0.492.